The number of rotatable bonds is 3. The standard InChI is InChI=1S/C8H10BrFN2O2/c1-5-7(9)8(14)12(4-11-5)3-6(13)2-10/h4,6,13H,2-3H2,1H3. The maximum Gasteiger partial charge on any atom is 0.267 e. The van der Waals surface area contributed by atoms with E-state index in [-0.39, 0.29) is 12.1 Å². The Balaban J connectivity index is 3.00. The topological polar surface area (TPSA) is 55.1 Å². The molecule has 14 heavy (non-hydrogen) atoms. The van der Waals surface area contributed by atoms with Crippen LogP contribution in [-0.4, -0.2) is 27.4 Å². The average Bonchev–Trinajstić information content (AvgIpc) is 2.19. The summed E-state index contributed by atoms with van der Waals surface area (Å²) in [5, 5.41) is 9.02. The number of aryl methyl sites for hydroxylation is 1. The van der Waals surface area contributed by atoms with Crippen LogP contribution in [-0.2, 0) is 6.54 Å². The third kappa shape index (κ3) is 2.39. The number of alkyl halides is 1. The molecule has 0 amide bonds. The summed E-state index contributed by atoms with van der Waals surface area (Å²) in [7, 11) is 0. The van der Waals surface area contributed by atoms with Gasteiger partial charge in [-0.25, -0.2) is 9.37 Å². The molecule has 0 fully saturated rings. The molecule has 1 unspecified atom stereocenters. The summed E-state index contributed by atoms with van der Waals surface area (Å²) in [5.41, 5.74) is 0.256. The lowest BCUT2D eigenvalue weighted by atomic mass is 10.4. The SMILES string of the molecule is Cc1ncn(CC(O)CF)c(=O)c1Br. The van der Waals surface area contributed by atoms with Crippen LogP contribution >= 0.6 is 15.9 Å². The average molecular weight is 265 g/mol. The molecule has 0 bridgehead atoms. The first-order chi connectivity index (χ1) is 6.56. The molecule has 6 heteroatoms. The Bertz CT molecular complexity index is 380. The van der Waals surface area contributed by atoms with Crippen LogP contribution in [0.25, 0.3) is 0 Å². The van der Waals surface area contributed by atoms with Crippen molar-refractivity contribution < 1.29 is 9.50 Å². The van der Waals surface area contributed by atoms with Gasteiger partial charge < -0.3 is 5.11 Å². The first kappa shape index (κ1) is 11.3. The van der Waals surface area contributed by atoms with Gasteiger partial charge in [0.05, 0.1) is 18.6 Å². The number of aliphatic hydroxyl groups excluding tert-OH is 1. The summed E-state index contributed by atoms with van der Waals surface area (Å²) in [5.74, 6) is 0. The minimum atomic E-state index is -1.16. The van der Waals surface area contributed by atoms with E-state index in [0.29, 0.717) is 10.2 Å². The minimum absolute atomic E-state index is 0.0821. The molecule has 0 aliphatic carbocycles. The van der Waals surface area contributed by atoms with Crippen molar-refractivity contribution in [3.63, 3.8) is 0 Å². The van der Waals surface area contributed by atoms with Gasteiger partial charge in [-0.2, -0.15) is 0 Å². The molecule has 1 rings (SSSR count). The van der Waals surface area contributed by atoms with E-state index in [9.17, 15) is 9.18 Å². The highest BCUT2D eigenvalue weighted by Gasteiger charge is 2.09. The van der Waals surface area contributed by atoms with Crippen LogP contribution in [0.1, 0.15) is 5.69 Å². The van der Waals surface area contributed by atoms with Gasteiger partial charge in [-0.1, -0.05) is 0 Å². The first-order valence-corrected chi connectivity index (χ1v) is 4.81. The normalized spacial score (nSPS) is 12.9. The van der Waals surface area contributed by atoms with Gasteiger partial charge in [-0.05, 0) is 22.9 Å². The Morgan fingerprint density at radius 2 is 2.43 bits per heavy atom. The van der Waals surface area contributed by atoms with E-state index in [1.807, 2.05) is 0 Å². The van der Waals surface area contributed by atoms with Gasteiger partial charge in [0.2, 0.25) is 0 Å². The molecule has 0 spiro atoms. The van der Waals surface area contributed by atoms with Gasteiger partial charge in [-0.3, -0.25) is 9.36 Å². The van der Waals surface area contributed by atoms with E-state index in [2.05, 4.69) is 20.9 Å². The summed E-state index contributed by atoms with van der Waals surface area (Å²) in [6.07, 6.45) is 0.130. The van der Waals surface area contributed by atoms with Crippen LogP contribution < -0.4 is 5.56 Å². The molecule has 1 aromatic rings. The van der Waals surface area contributed by atoms with Crippen LogP contribution in [0, 0.1) is 6.92 Å². The summed E-state index contributed by atoms with van der Waals surface area (Å²) < 4.78 is 13.5. The van der Waals surface area contributed by atoms with Gasteiger partial charge >= 0.3 is 0 Å². The van der Waals surface area contributed by atoms with E-state index in [1.54, 1.807) is 6.92 Å². The minimum Gasteiger partial charge on any atom is -0.389 e. The number of hydrogen-bond donors (Lipinski definition) is 1. The van der Waals surface area contributed by atoms with Crippen molar-refractivity contribution >= 4 is 15.9 Å². The Labute approximate surface area is 88.5 Å². The van der Waals surface area contributed by atoms with E-state index >= 15 is 0 Å². The fraction of sp³-hybridized carbons (Fsp3) is 0.500. The van der Waals surface area contributed by atoms with E-state index < -0.39 is 12.8 Å². The number of hydrogen-bond acceptors (Lipinski definition) is 3. The maximum absolute atomic E-state index is 12.0. The predicted molar refractivity (Wildman–Crippen MR) is 52.9 cm³/mol. The van der Waals surface area contributed by atoms with Gasteiger partial charge in [-0.15, -0.1) is 0 Å². The summed E-state index contributed by atoms with van der Waals surface area (Å²) in [6, 6.07) is 0. The summed E-state index contributed by atoms with van der Waals surface area (Å²) in [6.45, 7) is 0.723. The Hall–Kier alpha value is -0.750. The first-order valence-electron chi connectivity index (χ1n) is 4.01. The molecule has 4 nitrogen and oxygen atoms in total. The second-order valence-electron chi connectivity index (χ2n) is 2.91. The second kappa shape index (κ2) is 4.65. The summed E-state index contributed by atoms with van der Waals surface area (Å²) >= 11 is 3.07. The summed E-state index contributed by atoms with van der Waals surface area (Å²) in [4.78, 5) is 15.4. The Morgan fingerprint density at radius 3 is 3.00 bits per heavy atom. The van der Waals surface area contributed by atoms with Gasteiger partial charge in [0, 0.05) is 0 Å². The highest BCUT2D eigenvalue weighted by molar-refractivity contribution is 9.10. The van der Waals surface area contributed by atoms with Gasteiger partial charge in [0.1, 0.15) is 17.3 Å². The number of nitrogens with zero attached hydrogens (tertiary/aromatic N) is 2. The van der Waals surface area contributed by atoms with Crippen molar-refractivity contribution in [2.45, 2.75) is 19.6 Å². The highest BCUT2D eigenvalue weighted by atomic mass is 79.9. The molecular weight excluding hydrogens is 255 g/mol. The number of aromatic nitrogens is 2. The van der Waals surface area contributed by atoms with Crippen LogP contribution in [0.5, 0.6) is 0 Å². The molecule has 1 atom stereocenters. The van der Waals surface area contributed by atoms with Crippen molar-refractivity contribution in [1.29, 1.82) is 0 Å². The zero-order valence-electron chi connectivity index (χ0n) is 7.57. The van der Waals surface area contributed by atoms with E-state index in [1.165, 1.54) is 10.9 Å². The monoisotopic (exact) mass is 264 g/mol. The molecule has 0 saturated carbocycles. The fourth-order valence-corrected chi connectivity index (χ4v) is 1.28. The number of halogens is 2. The van der Waals surface area contributed by atoms with Crippen LogP contribution in [0.2, 0.25) is 0 Å². The molecular formula is C8H10BrFN2O2. The van der Waals surface area contributed by atoms with Crippen molar-refractivity contribution in [2.75, 3.05) is 6.67 Å². The zero-order valence-corrected chi connectivity index (χ0v) is 9.16. The molecule has 0 aromatic carbocycles. The lowest BCUT2D eigenvalue weighted by molar-refractivity contribution is 0.120. The van der Waals surface area contributed by atoms with Crippen molar-refractivity contribution in [3.8, 4) is 0 Å². The smallest absolute Gasteiger partial charge is 0.267 e. The van der Waals surface area contributed by atoms with Gasteiger partial charge in [0.25, 0.3) is 5.56 Å². The maximum atomic E-state index is 12.0. The predicted octanol–water partition coefficient (Wildman–Crippen LogP) is 0.645. The van der Waals surface area contributed by atoms with Crippen LogP contribution in [0.15, 0.2) is 15.6 Å². The van der Waals surface area contributed by atoms with E-state index in [0.717, 1.165) is 0 Å². The zero-order chi connectivity index (χ0) is 10.7. The lowest BCUT2D eigenvalue weighted by Crippen LogP contribution is -2.28. The van der Waals surface area contributed by atoms with Crippen molar-refractivity contribution in [1.82, 2.24) is 9.55 Å². The van der Waals surface area contributed by atoms with Crippen molar-refractivity contribution in [2.24, 2.45) is 0 Å². The molecule has 0 aliphatic rings. The highest BCUT2D eigenvalue weighted by Crippen LogP contribution is 2.06. The Morgan fingerprint density at radius 1 is 1.79 bits per heavy atom. The quantitative estimate of drug-likeness (QED) is 0.872. The van der Waals surface area contributed by atoms with Crippen LogP contribution in [0.4, 0.5) is 4.39 Å². The lowest BCUT2D eigenvalue weighted by Gasteiger charge is -2.09. The van der Waals surface area contributed by atoms with Gasteiger partial charge in [0.15, 0.2) is 0 Å². The molecule has 0 radical (unpaired) electrons. The third-order valence-corrected chi connectivity index (χ3v) is 2.66. The molecule has 78 valence electrons. The largest absolute Gasteiger partial charge is 0.389 e. The van der Waals surface area contributed by atoms with Crippen LogP contribution in [0.3, 0.4) is 0 Å². The number of aliphatic hydroxyl groups is 1. The van der Waals surface area contributed by atoms with E-state index in [4.69, 9.17) is 5.11 Å². The molecule has 1 aromatic heterocycles. The molecule has 1 heterocycles. The van der Waals surface area contributed by atoms with Crippen molar-refractivity contribution in [3.05, 3.63) is 26.8 Å². The molecule has 1 N–H and O–H groups in total. The third-order valence-electron chi connectivity index (χ3n) is 1.74. The Kier molecular flexibility index (Phi) is 3.77. The fourth-order valence-electron chi connectivity index (χ4n) is 0.952. The molecule has 0 saturated heterocycles. The molecule has 0 aliphatic heterocycles. The second-order valence-corrected chi connectivity index (χ2v) is 3.70.